The van der Waals surface area contributed by atoms with Gasteiger partial charge in [0.1, 0.15) is 12.1 Å². The van der Waals surface area contributed by atoms with E-state index in [4.69, 9.17) is 0 Å². The van der Waals surface area contributed by atoms with Gasteiger partial charge in [-0.05, 0) is 29.8 Å². The van der Waals surface area contributed by atoms with Crippen molar-refractivity contribution in [2.45, 2.75) is 6.04 Å². The lowest BCUT2D eigenvalue weighted by Crippen LogP contribution is -2.16. The Labute approximate surface area is 169 Å². The zero-order valence-corrected chi connectivity index (χ0v) is 15.6. The van der Waals surface area contributed by atoms with Crippen molar-refractivity contribution < 1.29 is 9.50 Å². The number of hydrogen-bond donors (Lipinski definition) is 3. The number of nitrogens with one attached hydrogen (secondary N) is 2. The molecule has 5 rings (SSSR count). The number of aliphatic hydroxyl groups is 1. The van der Waals surface area contributed by atoms with Gasteiger partial charge in [-0.2, -0.15) is 5.10 Å². The summed E-state index contributed by atoms with van der Waals surface area (Å²) in [7, 11) is 0. The number of halogens is 1. The van der Waals surface area contributed by atoms with Crippen molar-refractivity contribution in [3.63, 3.8) is 0 Å². The van der Waals surface area contributed by atoms with E-state index in [0.717, 1.165) is 33.1 Å². The van der Waals surface area contributed by atoms with Gasteiger partial charge in [-0.25, -0.2) is 24.3 Å². The summed E-state index contributed by atoms with van der Waals surface area (Å²) in [4.78, 5) is 17.4. The number of nitrogens with zero attached hydrogens (tertiary/aromatic N) is 5. The van der Waals surface area contributed by atoms with E-state index in [0.29, 0.717) is 11.6 Å². The molecular weight excluding hydrogens is 385 g/mol. The van der Waals surface area contributed by atoms with Crippen molar-refractivity contribution in [3.05, 3.63) is 72.6 Å². The molecule has 148 valence electrons. The normalized spacial score (nSPS) is 12.3. The van der Waals surface area contributed by atoms with E-state index < -0.39 is 6.04 Å². The van der Waals surface area contributed by atoms with Crippen LogP contribution < -0.4 is 5.32 Å². The van der Waals surface area contributed by atoms with Crippen molar-refractivity contribution in [1.29, 1.82) is 0 Å². The van der Waals surface area contributed by atoms with Crippen molar-refractivity contribution >= 4 is 27.9 Å². The van der Waals surface area contributed by atoms with Gasteiger partial charge in [0.2, 0.25) is 5.95 Å². The first-order valence-corrected chi connectivity index (χ1v) is 9.25. The minimum atomic E-state index is -0.447. The fraction of sp³-hybridized carbons (Fsp3) is 0.0952. The molecule has 0 aliphatic rings. The maximum atomic E-state index is 13.2. The monoisotopic (exact) mass is 401 g/mol. The van der Waals surface area contributed by atoms with Gasteiger partial charge >= 0.3 is 0 Å². The summed E-state index contributed by atoms with van der Waals surface area (Å²) < 4.78 is 13.2. The molecule has 0 fully saturated rings. The van der Waals surface area contributed by atoms with Crippen LogP contribution in [0.2, 0.25) is 0 Å². The Bertz CT molecular complexity index is 1340. The van der Waals surface area contributed by atoms with E-state index in [9.17, 15) is 9.50 Å². The predicted octanol–water partition coefficient (Wildman–Crippen LogP) is 3.25. The lowest BCUT2D eigenvalue weighted by atomic mass is 10.1. The summed E-state index contributed by atoms with van der Waals surface area (Å²) in [6, 6.07) is 11.3. The quantitative estimate of drug-likeness (QED) is 0.414. The van der Waals surface area contributed by atoms with Crippen LogP contribution in [0, 0.1) is 5.82 Å². The van der Waals surface area contributed by atoms with Crippen molar-refractivity contribution in [1.82, 2.24) is 30.1 Å². The topological polar surface area (TPSA) is 112 Å². The van der Waals surface area contributed by atoms with Gasteiger partial charge in [-0.1, -0.05) is 18.2 Å². The van der Waals surface area contributed by atoms with Crippen LogP contribution in [0.5, 0.6) is 0 Å². The van der Waals surface area contributed by atoms with Crippen molar-refractivity contribution in [2.75, 3.05) is 11.9 Å². The molecule has 0 spiro atoms. The van der Waals surface area contributed by atoms with E-state index in [1.54, 1.807) is 24.5 Å². The first-order valence-electron chi connectivity index (χ1n) is 9.25. The highest BCUT2D eigenvalue weighted by molar-refractivity contribution is 5.93. The van der Waals surface area contributed by atoms with Crippen LogP contribution in [0.4, 0.5) is 10.3 Å². The fourth-order valence-corrected chi connectivity index (χ4v) is 3.33. The molecule has 0 saturated carbocycles. The molecule has 3 heterocycles. The largest absolute Gasteiger partial charge is 0.394 e. The molecule has 0 bridgehead atoms. The van der Waals surface area contributed by atoms with Crippen molar-refractivity contribution in [2.24, 2.45) is 0 Å². The zero-order chi connectivity index (χ0) is 20.5. The van der Waals surface area contributed by atoms with Crippen LogP contribution in [0.25, 0.3) is 33.2 Å². The molecule has 1 atom stereocenters. The Kier molecular flexibility index (Phi) is 4.49. The molecule has 0 amide bonds. The maximum absolute atomic E-state index is 13.2. The second-order valence-electron chi connectivity index (χ2n) is 6.75. The highest BCUT2D eigenvalue weighted by Gasteiger charge is 2.13. The number of aromatic amines is 1. The van der Waals surface area contributed by atoms with Crippen LogP contribution in [-0.4, -0.2) is 41.8 Å². The highest BCUT2D eigenvalue weighted by Crippen LogP contribution is 2.27. The van der Waals surface area contributed by atoms with E-state index in [1.807, 2.05) is 18.2 Å². The molecule has 8 nitrogen and oxygen atoms in total. The molecule has 30 heavy (non-hydrogen) atoms. The van der Waals surface area contributed by atoms with Gasteiger partial charge in [0.05, 0.1) is 35.4 Å². The number of aliphatic hydroxyl groups excluding tert-OH is 1. The first-order chi connectivity index (χ1) is 14.7. The second kappa shape index (κ2) is 7.45. The Hall–Kier alpha value is -3.98. The first kappa shape index (κ1) is 18.1. The number of hydrogen-bond acceptors (Lipinski definition) is 7. The summed E-state index contributed by atoms with van der Waals surface area (Å²) in [5.74, 6) is 0.0440. The van der Waals surface area contributed by atoms with E-state index in [2.05, 4.69) is 35.5 Å². The van der Waals surface area contributed by atoms with Crippen LogP contribution in [0.15, 0.2) is 61.2 Å². The highest BCUT2D eigenvalue weighted by atomic mass is 19.1. The summed E-state index contributed by atoms with van der Waals surface area (Å²) in [6.45, 7) is -0.180. The smallest absolute Gasteiger partial charge is 0.223 e. The minimum absolute atomic E-state index is 0.180. The van der Waals surface area contributed by atoms with Gasteiger partial charge in [-0.3, -0.25) is 5.10 Å². The molecule has 0 radical (unpaired) electrons. The molecule has 3 N–H and O–H groups in total. The van der Waals surface area contributed by atoms with E-state index in [1.165, 1.54) is 18.5 Å². The third-order valence-electron chi connectivity index (χ3n) is 4.86. The molecule has 9 heteroatoms. The molecule has 0 unspecified atom stereocenters. The number of H-pyrrole nitrogens is 1. The van der Waals surface area contributed by atoms with Gasteiger partial charge in [0.15, 0.2) is 5.65 Å². The lowest BCUT2D eigenvalue weighted by molar-refractivity contribution is 0.276. The number of anilines is 1. The summed E-state index contributed by atoms with van der Waals surface area (Å²) >= 11 is 0. The summed E-state index contributed by atoms with van der Waals surface area (Å²) in [6.07, 6.45) is 4.90. The zero-order valence-electron chi connectivity index (χ0n) is 15.6. The molecule has 0 aliphatic carbocycles. The SMILES string of the molecule is OC[C@@H](Nc1ncc2cc(-c3ncnc4[nH]ncc34)ccc2n1)c1ccc(F)cc1. The Morgan fingerprint density at radius 2 is 1.90 bits per heavy atom. The Balaban J connectivity index is 1.46. The van der Waals surface area contributed by atoms with Crippen LogP contribution in [0.1, 0.15) is 11.6 Å². The average molecular weight is 401 g/mol. The maximum Gasteiger partial charge on any atom is 0.223 e. The second-order valence-corrected chi connectivity index (χ2v) is 6.75. The molecule has 5 aromatic rings. The predicted molar refractivity (Wildman–Crippen MR) is 110 cm³/mol. The molecule has 0 aliphatic heterocycles. The third-order valence-corrected chi connectivity index (χ3v) is 4.86. The number of fused-ring (bicyclic) bond motifs is 2. The molecule has 2 aromatic carbocycles. The third kappa shape index (κ3) is 3.31. The van der Waals surface area contributed by atoms with Gasteiger partial charge in [-0.15, -0.1) is 0 Å². The minimum Gasteiger partial charge on any atom is -0.394 e. The fourth-order valence-electron chi connectivity index (χ4n) is 3.33. The average Bonchev–Trinajstić information content (AvgIpc) is 3.27. The summed E-state index contributed by atoms with van der Waals surface area (Å²) in [5.41, 5.74) is 3.83. The van der Waals surface area contributed by atoms with Crippen LogP contribution in [0.3, 0.4) is 0 Å². The standard InChI is InChI=1S/C21H16FN7O/c22-15-4-1-12(2-5-15)18(10-30)28-21-23-8-14-7-13(3-6-17(14)27-21)19-16-9-26-29-20(16)25-11-24-19/h1-9,11,18,30H,10H2,(H,23,27,28)(H,24,25,26,29)/t18-/m1/s1. The van der Waals surface area contributed by atoms with Crippen molar-refractivity contribution in [3.8, 4) is 11.3 Å². The van der Waals surface area contributed by atoms with Crippen LogP contribution >= 0.6 is 0 Å². The van der Waals surface area contributed by atoms with Gasteiger partial charge < -0.3 is 10.4 Å². The van der Waals surface area contributed by atoms with Gasteiger partial charge in [0.25, 0.3) is 0 Å². The Morgan fingerprint density at radius 1 is 1.03 bits per heavy atom. The van der Waals surface area contributed by atoms with E-state index in [-0.39, 0.29) is 12.4 Å². The number of rotatable bonds is 5. The van der Waals surface area contributed by atoms with E-state index >= 15 is 0 Å². The molecular formula is C21H16FN7O. The number of benzene rings is 2. The van der Waals surface area contributed by atoms with Gasteiger partial charge in [0, 0.05) is 17.1 Å². The summed E-state index contributed by atoms with van der Waals surface area (Å²) in [5, 5.41) is 21.4. The lowest BCUT2D eigenvalue weighted by Gasteiger charge is -2.17. The van der Waals surface area contributed by atoms with Crippen LogP contribution in [-0.2, 0) is 0 Å². The molecule has 3 aromatic heterocycles. The molecule has 0 saturated heterocycles. The Morgan fingerprint density at radius 3 is 2.73 bits per heavy atom. The number of aromatic nitrogens is 6.